The van der Waals surface area contributed by atoms with Gasteiger partial charge >= 0.3 is 0 Å². The van der Waals surface area contributed by atoms with Crippen LogP contribution in [0.15, 0.2) is 18.2 Å². The molecule has 1 heterocycles. The number of methoxy groups -OCH3 is 3. The Bertz CT molecular complexity index is 599. The zero-order valence-corrected chi connectivity index (χ0v) is 12.3. The van der Waals surface area contributed by atoms with Crippen molar-refractivity contribution in [3.05, 3.63) is 23.9 Å². The van der Waals surface area contributed by atoms with E-state index in [1.165, 1.54) is 0 Å². The normalized spacial score (nSPS) is 10.6. The van der Waals surface area contributed by atoms with E-state index >= 15 is 0 Å². The Morgan fingerprint density at radius 1 is 1.10 bits per heavy atom. The number of aromatic nitrogens is 1. The zero-order valence-electron chi connectivity index (χ0n) is 12.3. The molecule has 2 aromatic rings. The largest absolute Gasteiger partial charge is 0.496 e. The molecule has 0 amide bonds. The molecule has 20 heavy (non-hydrogen) atoms. The average Bonchev–Trinajstić information content (AvgIpc) is 2.46. The molecule has 0 saturated heterocycles. The fourth-order valence-electron chi connectivity index (χ4n) is 2.23. The Hall–Kier alpha value is -2.01. The van der Waals surface area contributed by atoms with Crippen molar-refractivity contribution < 1.29 is 14.2 Å². The van der Waals surface area contributed by atoms with Crippen LogP contribution in [-0.4, -0.2) is 32.9 Å². The minimum absolute atomic E-state index is 0.453. The van der Waals surface area contributed by atoms with Crippen LogP contribution >= 0.6 is 0 Å². The highest BCUT2D eigenvalue weighted by atomic mass is 16.5. The Kier molecular flexibility index (Phi) is 4.63. The summed E-state index contributed by atoms with van der Waals surface area (Å²) in [5, 5.41) is 4.27. The lowest BCUT2D eigenvalue weighted by atomic mass is 10.1. The van der Waals surface area contributed by atoms with Gasteiger partial charge in [-0.3, -0.25) is 0 Å². The highest BCUT2D eigenvalue weighted by molar-refractivity contribution is 6.00. The second kappa shape index (κ2) is 6.43. The second-order valence-electron chi connectivity index (χ2n) is 4.32. The van der Waals surface area contributed by atoms with E-state index in [1.807, 2.05) is 18.2 Å². The highest BCUT2D eigenvalue weighted by Crippen LogP contribution is 2.37. The van der Waals surface area contributed by atoms with Gasteiger partial charge in [-0.2, -0.15) is 0 Å². The van der Waals surface area contributed by atoms with Crippen LogP contribution in [-0.2, 0) is 11.3 Å². The van der Waals surface area contributed by atoms with Gasteiger partial charge in [0.1, 0.15) is 17.0 Å². The summed E-state index contributed by atoms with van der Waals surface area (Å²) in [5.41, 5.74) is 2.60. The molecule has 0 fully saturated rings. The molecule has 0 saturated carbocycles. The maximum absolute atomic E-state index is 5.45. The number of hydrogen-bond acceptors (Lipinski definition) is 5. The fourth-order valence-corrected chi connectivity index (χ4v) is 2.23. The third kappa shape index (κ3) is 2.63. The molecule has 0 aliphatic carbocycles. The molecule has 0 aliphatic rings. The Morgan fingerprint density at radius 2 is 1.80 bits per heavy atom. The second-order valence-corrected chi connectivity index (χ2v) is 4.32. The maximum atomic E-state index is 5.45. The van der Waals surface area contributed by atoms with E-state index in [0.29, 0.717) is 6.61 Å². The van der Waals surface area contributed by atoms with Crippen LogP contribution in [0.5, 0.6) is 11.5 Å². The molecule has 5 heteroatoms. The number of benzene rings is 1. The molecule has 5 nitrogen and oxygen atoms in total. The number of pyridine rings is 1. The van der Waals surface area contributed by atoms with Gasteiger partial charge in [0.25, 0.3) is 0 Å². The van der Waals surface area contributed by atoms with Crippen molar-refractivity contribution in [1.29, 1.82) is 0 Å². The number of ether oxygens (including phenoxy) is 3. The summed E-state index contributed by atoms with van der Waals surface area (Å²) >= 11 is 0. The molecule has 0 unspecified atom stereocenters. The third-order valence-corrected chi connectivity index (χ3v) is 3.04. The first-order valence-electron chi connectivity index (χ1n) is 6.52. The molecule has 2 rings (SSSR count). The smallest absolute Gasteiger partial charge is 0.145 e. The van der Waals surface area contributed by atoms with E-state index < -0.39 is 0 Å². The van der Waals surface area contributed by atoms with Crippen molar-refractivity contribution in [3.63, 3.8) is 0 Å². The first-order chi connectivity index (χ1) is 9.74. The zero-order chi connectivity index (χ0) is 14.5. The Balaban J connectivity index is 2.75. The molecule has 0 radical (unpaired) electrons. The predicted octanol–water partition coefficient (Wildman–Crippen LogP) is 2.83. The van der Waals surface area contributed by atoms with Gasteiger partial charge < -0.3 is 19.5 Å². The monoisotopic (exact) mass is 276 g/mol. The van der Waals surface area contributed by atoms with Crippen molar-refractivity contribution in [3.8, 4) is 11.5 Å². The van der Waals surface area contributed by atoms with Crippen LogP contribution in [0.4, 0.5) is 5.69 Å². The van der Waals surface area contributed by atoms with Crippen molar-refractivity contribution in [2.45, 2.75) is 13.5 Å². The number of nitrogens with zero attached hydrogens (tertiary/aromatic N) is 1. The van der Waals surface area contributed by atoms with E-state index in [1.54, 1.807) is 21.3 Å². The molecular formula is C15H20N2O3. The van der Waals surface area contributed by atoms with Gasteiger partial charge in [0.05, 0.1) is 31.9 Å². The van der Waals surface area contributed by atoms with E-state index in [0.717, 1.165) is 40.3 Å². The molecule has 1 aromatic heterocycles. The number of fused-ring (bicyclic) bond motifs is 1. The van der Waals surface area contributed by atoms with Crippen molar-refractivity contribution in [1.82, 2.24) is 4.98 Å². The van der Waals surface area contributed by atoms with Crippen LogP contribution in [0.1, 0.15) is 12.6 Å². The molecular weight excluding hydrogens is 256 g/mol. The average molecular weight is 276 g/mol. The molecule has 108 valence electrons. The quantitative estimate of drug-likeness (QED) is 0.879. The predicted molar refractivity (Wildman–Crippen MR) is 79.7 cm³/mol. The maximum Gasteiger partial charge on any atom is 0.145 e. The topological polar surface area (TPSA) is 52.6 Å². The van der Waals surface area contributed by atoms with Gasteiger partial charge in [-0.15, -0.1) is 0 Å². The van der Waals surface area contributed by atoms with Crippen molar-refractivity contribution in [2.24, 2.45) is 0 Å². The first kappa shape index (κ1) is 14.4. The number of nitrogens with one attached hydrogen (secondary N) is 1. The minimum atomic E-state index is 0.453. The summed E-state index contributed by atoms with van der Waals surface area (Å²) in [6, 6.07) is 5.73. The van der Waals surface area contributed by atoms with Gasteiger partial charge in [-0.05, 0) is 25.1 Å². The van der Waals surface area contributed by atoms with E-state index in [4.69, 9.17) is 14.2 Å². The highest BCUT2D eigenvalue weighted by Gasteiger charge is 2.14. The van der Waals surface area contributed by atoms with Gasteiger partial charge in [-0.1, -0.05) is 0 Å². The lowest BCUT2D eigenvalue weighted by Crippen LogP contribution is -2.03. The molecule has 0 spiro atoms. The summed E-state index contributed by atoms with van der Waals surface area (Å²) in [7, 11) is 4.94. The molecule has 0 aliphatic heterocycles. The van der Waals surface area contributed by atoms with E-state index in [9.17, 15) is 0 Å². The van der Waals surface area contributed by atoms with Crippen molar-refractivity contribution >= 4 is 16.6 Å². The van der Waals surface area contributed by atoms with Crippen LogP contribution in [0.3, 0.4) is 0 Å². The number of hydrogen-bond donors (Lipinski definition) is 1. The number of anilines is 1. The van der Waals surface area contributed by atoms with Gasteiger partial charge in [-0.25, -0.2) is 4.98 Å². The van der Waals surface area contributed by atoms with Crippen LogP contribution in [0.2, 0.25) is 0 Å². The summed E-state index contributed by atoms with van der Waals surface area (Å²) in [6.45, 7) is 3.31. The van der Waals surface area contributed by atoms with Crippen LogP contribution in [0, 0.1) is 0 Å². The summed E-state index contributed by atoms with van der Waals surface area (Å²) in [6.07, 6.45) is 0. The Morgan fingerprint density at radius 3 is 2.40 bits per heavy atom. The lowest BCUT2D eigenvalue weighted by Gasteiger charge is -2.15. The standard InChI is InChI=1S/C15H20N2O3/c1-5-16-11-8-10(9-18-2)17-15-13(20-4)7-6-12(19-3)14(11)15/h6-8H,5,9H2,1-4H3,(H,16,17). The molecule has 1 N–H and O–H groups in total. The lowest BCUT2D eigenvalue weighted by molar-refractivity contribution is 0.182. The summed E-state index contributed by atoms with van der Waals surface area (Å²) < 4.78 is 16.0. The van der Waals surface area contributed by atoms with Crippen LogP contribution in [0.25, 0.3) is 10.9 Å². The minimum Gasteiger partial charge on any atom is -0.496 e. The van der Waals surface area contributed by atoms with E-state index in [-0.39, 0.29) is 0 Å². The van der Waals surface area contributed by atoms with Gasteiger partial charge in [0, 0.05) is 19.3 Å². The Labute approximate surface area is 118 Å². The fraction of sp³-hybridized carbons (Fsp3) is 0.400. The summed E-state index contributed by atoms with van der Waals surface area (Å²) in [4.78, 5) is 4.62. The first-order valence-corrected chi connectivity index (χ1v) is 6.52. The van der Waals surface area contributed by atoms with Gasteiger partial charge in [0.15, 0.2) is 0 Å². The third-order valence-electron chi connectivity index (χ3n) is 3.04. The van der Waals surface area contributed by atoms with E-state index in [2.05, 4.69) is 17.2 Å². The molecule has 0 bridgehead atoms. The van der Waals surface area contributed by atoms with Gasteiger partial charge in [0.2, 0.25) is 0 Å². The van der Waals surface area contributed by atoms with Crippen LogP contribution < -0.4 is 14.8 Å². The SMILES string of the molecule is CCNc1cc(COC)nc2c(OC)ccc(OC)c12. The molecule has 1 aromatic carbocycles. The van der Waals surface area contributed by atoms with Crippen molar-refractivity contribution in [2.75, 3.05) is 33.2 Å². The number of rotatable bonds is 6. The summed E-state index contributed by atoms with van der Waals surface area (Å²) in [5.74, 6) is 1.49. The molecule has 0 atom stereocenters.